The third kappa shape index (κ3) is 5.23. The SMILES string of the molecule is CN(C)c1cccc(-c2nc(NC3CCC(O)CC3)ncc2S(=O)(=O)c2cc[nH]c2-c2ccccc2)c1. The Morgan fingerprint density at radius 3 is 2.41 bits per heavy atom. The summed E-state index contributed by atoms with van der Waals surface area (Å²) in [5.74, 6) is 0.378. The van der Waals surface area contributed by atoms with Crippen molar-refractivity contribution < 1.29 is 13.5 Å². The van der Waals surface area contributed by atoms with Crippen LogP contribution in [0, 0.1) is 0 Å². The Morgan fingerprint density at radius 2 is 1.68 bits per heavy atom. The lowest BCUT2D eigenvalue weighted by Gasteiger charge is -2.26. The Balaban J connectivity index is 1.61. The number of hydrogen-bond donors (Lipinski definition) is 3. The van der Waals surface area contributed by atoms with E-state index in [4.69, 9.17) is 4.98 Å². The van der Waals surface area contributed by atoms with Crippen molar-refractivity contribution in [2.45, 2.75) is 47.6 Å². The summed E-state index contributed by atoms with van der Waals surface area (Å²) in [6, 6.07) is 18.7. The zero-order valence-corrected chi connectivity index (χ0v) is 21.7. The zero-order valence-electron chi connectivity index (χ0n) is 20.9. The average Bonchev–Trinajstić information content (AvgIpc) is 3.42. The molecule has 3 N–H and O–H groups in total. The first-order valence-electron chi connectivity index (χ1n) is 12.4. The van der Waals surface area contributed by atoms with E-state index >= 15 is 0 Å². The van der Waals surface area contributed by atoms with Crippen molar-refractivity contribution >= 4 is 21.5 Å². The molecule has 1 aliphatic rings. The van der Waals surface area contributed by atoms with Gasteiger partial charge in [-0.3, -0.25) is 0 Å². The van der Waals surface area contributed by atoms with Gasteiger partial charge in [0.1, 0.15) is 4.90 Å². The normalized spacial score (nSPS) is 17.9. The predicted octanol–water partition coefficient (Wildman–Crippen LogP) is 4.75. The van der Waals surface area contributed by atoms with Crippen LogP contribution in [0.25, 0.3) is 22.5 Å². The molecule has 1 saturated carbocycles. The molecule has 1 aliphatic carbocycles. The Bertz CT molecular complexity index is 1480. The molecule has 37 heavy (non-hydrogen) atoms. The number of anilines is 2. The number of nitrogens with zero attached hydrogens (tertiary/aromatic N) is 3. The molecule has 0 atom stereocenters. The van der Waals surface area contributed by atoms with Crippen molar-refractivity contribution in [2.24, 2.45) is 0 Å². The van der Waals surface area contributed by atoms with Crippen LogP contribution in [0.4, 0.5) is 11.6 Å². The summed E-state index contributed by atoms with van der Waals surface area (Å²) in [5, 5.41) is 13.2. The topological polar surface area (TPSA) is 111 Å². The average molecular weight is 518 g/mol. The first-order valence-corrected chi connectivity index (χ1v) is 13.9. The minimum absolute atomic E-state index is 0.0461. The van der Waals surface area contributed by atoms with E-state index in [2.05, 4.69) is 15.3 Å². The van der Waals surface area contributed by atoms with Crippen molar-refractivity contribution in [3.05, 3.63) is 73.1 Å². The van der Waals surface area contributed by atoms with Gasteiger partial charge < -0.3 is 20.3 Å². The molecule has 0 radical (unpaired) electrons. The standard InChI is InChI=1S/C28H31N5O3S/c1-33(2)22-10-6-9-20(17-22)27-25(18-30-28(32-27)31-21-11-13-23(34)14-12-21)37(35,36)24-15-16-29-26(24)19-7-4-3-5-8-19/h3-10,15-18,21,23,29,34H,11-14H2,1-2H3,(H,30,31,32). The fourth-order valence-corrected chi connectivity index (χ4v) is 6.24. The molecule has 0 bridgehead atoms. The van der Waals surface area contributed by atoms with Crippen molar-refractivity contribution in [2.75, 3.05) is 24.3 Å². The van der Waals surface area contributed by atoms with Crippen LogP contribution in [0.2, 0.25) is 0 Å². The molecule has 9 heteroatoms. The van der Waals surface area contributed by atoms with Crippen LogP contribution in [0.1, 0.15) is 25.7 Å². The van der Waals surface area contributed by atoms with Gasteiger partial charge >= 0.3 is 0 Å². The Hall–Kier alpha value is -3.69. The van der Waals surface area contributed by atoms with Gasteiger partial charge in [0.15, 0.2) is 0 Å². The third-order valence-electron chi connectivity index (χ3n) is 6.77. The maximum absolute atomic E-state index is 14.1. The van der Waals surface area contributed by atoms with Gasteiger partial charge in [-0.05, 0) is 49.4 Å². The highest BCUT2D eigenvalue weighted by atomic mass is 32.2. The number of aromatic amines is 1. The molecule has 8 nitrogen and oxygen atoms in total. The minimum atomic E-state index is -3.97. The van der Waals surface area contributed by atoms with Crippen molar-refractivity contribution in [1.29, 1.82) is 0 Å². The molecule has 0 aliphatic heterocycles. The lowest BCUT2D eigenvalue weighted by atomic mass is 9.93. The van der Waals surface area contributed by atoms with E-state index in [1.54, 1.807) is 12.3 Å². The van der Waals surface area contributed by atoms with Crippen LogP contribution in [-0.4, -0.2) is 54.7 Å². The second kappa shape index (κ2) is 10.4. The largest absolute Gasteiger partial charge is 0.393 e. The molecule has 0 saturated heterocycles. The highest BCUT2D eigenvalue weighted by Gasteiger charge is 2.29. The summed E-state index contributed by atoms with van der Waals surface area (Å²) >= 11 is 0. The number of rotatable bonds is 7. The van der Waals surface area contributed by atoms with E-state index in [0.29, 0.717) is 22.9 Å². The summed E-state index contributed by atoms with van der Waals surface area (Å²) in [4.78, 5) is 14.4. The monoisotopic (exact) mass is 517 g/mol. The Morgan fingerprint density at radius 1 is 0.946 bits per heavy atom. The van der Waals surface area contributed by atoms with Crippen molar-refractivity contribution in [3.63, 3.8) is 0 Å². The zero-order chi connectivity index (χ0) is 26.0. The molecule has 192 valence electrons. The van der Waals surface area contributed by atoms with Crippen molar-refractivity contribution in [1.82, 2.24) is 15.0 Å². The molecular formula is C28H31N5O3S. The molecule has 0 spiro atoms. The molecule has 1 fully saturated rings. The van der Waals surface area contributed by atoms with Gasteiger partial charge in [0.2, 0.25) is 15.8 Å². The number of aromatic nitrogens is 3. The summed E-state index contributed by atoms with van der Waals surface area (Å²) in [6.07, 6.45) is 5.82. The molecule has 2 aromatic carbocycles. The maximum atomic E-state index is 14.1. The lowest BCUT2D eigenvalue weighted by Crippen LogP contribution is -2.29. The number of aliphatic hydroxyl groups is 1. The van der Waals surface area contributed by atoms with Gasteiger partial charge in [-0.25, -0.2) is 18.4 Å². The first kappa shape index (κ1) is 25.0. The van der Waals surface area contributed by atoms with E-state index < -0.39 is 9.84 Å². The molecule has 2 aromatic heterocycles. The van der Waals surface area contributed by atoms with Gasteiger partial charge in [-0.15, -0.1) is 0 Å². The maximum Gasteiger partial charge on any atom is 0.223 e. The van der Waals surface area contributed by atoms with E-state index in [9.17, 15) is 13.5 Å². The summed E-state index contributed by atoms with van der Waals surface area (Å²) in [7, 11) is -0.0988. The molecule has 0 amide bonds. The Kier molecular flexibility index (Phi) is 6.99. The van der Waals surface area contributed by atoms with Crippen LogP contribution in [0.15, 0.2) is 82.8 Å². The summed E-state index contributed by atoms with van der Waals surface area (Å²) in [6.45, 7) is 0. The third-order valence-corrected chi connectivity index (χ3v) is 8.57. The second-order valence-corrected chi connectivity index (χ2v) is 11.5. The van der Waals surface area contributed by atoms with Crippen molar-refractivity contribution in [3.8, 4) is 22.5 Å². The fourth-order valence-electron chi connectivity index (χ4n) is 4.71. The first-order chi connectivity index (χ1) is 17.8. The highest BCUT2D eigenvalue weighted by molar-refractivity contribution is 7.91. The van der Waals surface area contributed by atoms with E-state index in [-0.39, 0.29) is 21.9 Å². The number of aliphatic hydroxyl groups excluding tert-OH is 1. The highest BCUT2D eigenvalue weighted by Crippen LogP contribution is 2.36. The lowest BCUT2D eigenvalue weighted by molar-refractivity contribution is 0.126. The smallest absolute Gasteiger partial charge is 0.223 e. The predicted molar refractivity (Wildman–Crippen MR) is 145 cm³/mol. The number of nitrogens with one attached hydrogen (secondary N) is 2. The molecule has 2 heterocycles. The van der Waals surface area contributed by atoms with Crippen LogP contribution in [0.5, 0.6) is 0 Å². The van der Waals surface area contributed by atoms with Gasteiger partial charge in [-0.1, -0.05) is 42.5 Å². The van der Waals surface area contributed by atoms with Gasteiger partial charge in [0.25, 0.3) is 0 Å². The number of hydrogen-bond acceptors (Lipinski definition) is 7. The number of sulfone groups is 1. The summed E-state index contributed by atoms with van der Waals surface area (Å²) in [5.41, 5.74) is 3.27. The molecular weight excluding hydrogens is 486 g/mol. The molecule has 4 aromatic rings. The Labute approximate surface area is 217 Å². The van der Waals surface area contributed by atoms with Crippen LogP contribution in [0.3, 0.4) is 0 Å². The molecule has 5 rings (SSSR count). The van der Waals surface area contributed by atoms with E-state index in [1.165, 1.54) is 6.20 Å². The second-order valence-electron chi connectivity index (χ2n) is 9.59. The number of H-pyrrole nitrogens is 1. The van der Waals surface area contributed by atoms with E-state index in [1.807, 2.05) is 73.6 Å². The van der Waals surface area contributed by atoms with Crippen LogP contribution < -0.4 is 10.2 Å². The van der Waals surface area contributed by atoms with Crippen LogP contribution >= 0.6 is 0 Å². The minimum Gasteiger partial charge on any atom is -0.393 e. The fraction of sp³-hybridized carbons (Fsp3) is 0.286. The van der Waals surface area contributed by atoms with Gasteiger partial charge in [0.05, 0.1) is 28.6 Å². The number of benzene rings is 2. The van der Waals surface area contributed by atoms with Gasteiger partial charge in [0, 0.05) is 37.6 Å². The summed E-state index contributed by atoms with van der Waals surface area (Å²) < 4.78 is 28.2. The van der Waals surface area contributed by atoms with Gasteiger partial charge in [-0.2, -0.15) is 0 Å². The quantitative estimate of drug-likeness (QED) is 0.324. The van der Waals surface area contributed by atoms with Crippen LogP contribution in [-0.2, 0) is 9.84 Å². The molecule has 0 unspecified atom stereocenters. The van der Waals surface area contributed by atoms with E-state index in [0.717, 1.165) is 36.9 Å².